The molecule has 0 bridgehead atoms. The van der Waals surface area contributed by atoms with E-state index < -0.39 is 0 Å². The first-order valence-electron chi connectivity index (χ1n) is 3.30. The third-order valence-electron chi connectivity index (χ3n) is 1.42. The van der Waals surface area contributed by atoms with Crippen LogP contribution in [0.5, 0.6) is 0 Å². The predicted molar refractivity (Wildman–Crippen MR) is 48.7 cm³/mol. The Balaban J connectivity index is 0.000001000. The summed E-state index contributed by atoms with van der Waals surface area (Å²) in [6, 6.07) is 3.86. The number of aromatic nitrogens is 1. The van der Waals surface area contributed by atoms with Gasteiger partial charge in [0, 0.05) is 17.9 Å². The Morgan fingerprint density at radius 3 is 2.00 bits per heavy atom. The monoisotopic (exact) mass is 172 g/mol. The SMILES string of the molecule is CC(C)(N)c1ccncc1.Cl. The second-order valence-electron chi connectivity index (χ2n) is 2.96. The van der Waals surface area contributed by atoms with Crippen LogP contribution >= 0.6 is 12.4 Å². The average Bonchev–Trinajstić information content (AvgIpc) is 1.88. The van der Waals surface area contributed by atoms with Gasteiger partial charge in [-0.15, -0.1) is 12.4 Å². The summed E-state index contributed by atoms with van der Waals surface area (Å²) in [5.41, 5.74) is 6.70. The van der Waals surface area contributed by atoms with Crippen LogP contribution in [0.3, 0.4) is 0 Å². The molecule has 0 fully saturated rings. The van der Waals surface area contributed by atoms with Crippen LogP contribution in [0.15, 0.2) is 24.5 Å². The average molecular weight is 173 g/mol. The van der Waals surface area contributed by atoms with Crippen molar-refractivity contribution in [1.82, 2.24) is 4.98 Å². The maximum absolute atomic E-state index is 5.83. The highest BCUT2D eigenvalue weighted by Crippen LogP contribution is 2.13. The van der Waals surface area contributed by atoms with Gasteiger partial charge in [0.05, 0.1) is 0 Å². The zero-order valence-electron chi connectivity index (χ0n) is 6.74. The van der Waals surface area contributed by atoms with Gasteiger partial charge in [-0.05, 0) is 31.5 Å². The van der Waals surface area contributed by atoms with Crippen LogP contribution in [-0.4, -0.2) is 4.98 Å². The minimum atomic E-state index is -0.247. The number of nitrogens with zero attached hydrogens (tertiary/aromatic N) is 1. The standard InChI is InChI=1S/C8H12N2.ClH/c1-8(2,9)7-3-5-10-6-4-7;/h3-6H,9H2,1-2H3;1H. The van der Waals surface area contributed by atoms with Gasteiger partial charge in [0.25, 0.3) is 0 Å². The lowest BCUT2D eigenvalue weighted by Crippen LogP contribution is -2.28. The maximum Gasteiger partial charge on any atom is 0.0353 e. The molecule has 62 valence electrons. The minimum absolute atomic E-state index is 0. The van der Waals surface area contributed by atoms with Crippen LogP contribution in [0.4, 0.5) is 0 Å². The number of halogens is 1. The fourth-order valence-electron chi connectivity index (χ4n) is 0.781. The molecule has 1 aromatic heterocycles. The van der Waals surface area contributed by atoms with Gasteiger partial charge in [0.1, 0.15) is 0 Å². The molecule has 0 unspecified atom stereocenters. The predicted octanol–water partition coefficient (Wildman–Crippen LogP) is 1.70. The molecule has 0 saturated heterocycles. The first kappa shape index (κ1) is 10.4. The molecule has 2 nitrogen and oxygen atoms in total. The molecule has 0 aliphatic heterocycles. The Labute approximate surface area is 73.2 Å². The molecule has 0 radical (unpaired) electrons. The summed E-state index contributed by atoms with van der Waals surface area (Å²) in [7, 11) is 0. The molecule has 0 atom stereocenters. The van der Waals surface area contributed by atoms with E-state index in [0.29, 0.717) is 0 Å². The molecule has 0 aliphatic carbocycles. The number of nitrogens with two attached hydrogens (primary N) is 1. The summed E-state index contributed by atoms with van der Waals surface area (Å²) in [5, 5.41) is 0. The fraction of sp³-hybridized carbons (Fsp3) is 0.375. The largest absolute Gasteiger partial charge is 0.322 e. The molecule has 2 N–H and O–H groups in total. The van der Waals surface area contributed by atoms with E-state index in [-0.39, 0.29) is 17.9 Å². The van der Waals surface area contributed by atoms with Gasteiger partial charge in [-0.2, -0.15) is 0 Å². The molecule has 3 heteroatoms. The summed E-state index contributed by atoms with van der Waals surface area (Å²) in [5.74, 6) is 0. The lowest BCUT2D eigenvalue weighted by atomic mass is 9.97. The Morgan fingerprint density at radius 2 is 1.73 bits per heavy atom. The van der Waals surface area contributed by atoms with E-state index in [2.05, 4.69) is 4.98 Å². The second-order valence-corrected chi connectivity index (χ2v) is 2.96. The number of rotatable bonds is 1. The van der Waals surface area contributed by atoms with Crippen LogP contribution in [-0.2, 0) is 5.54 Å². The molecular formula is C8H13ClN2. The van der Waals surface area contributed by atoms with Crippen LogP contribution in [0, 0.1) is 0 Å². The van der Waals surface area contributed by atoms with E-state index >= 15 is 0 Å². The van der Waals surface area contributed by atoms with E-state index in [1.165, 1.54) is 0 Å². The van der Waals surface area contributed by atoms with Crippen molar-refractivity contribution in [2.45, 2.75) is 19.4 Å². The summed E-state index contributed by atoms with van der Waals surface area (Å²) >= 11 is 0. The van der Waals surface area contributed by atoms with E-state index in [0.717, 1.165) is 5.56 Å². The van der Waals surface area contributed by atoms with Crippen molar-refractivity contribution < 1.29 is 0 Å². The summed E-state index contributed by atoms with van der Waals surface area (Å²) in [6.45, 7) is 3.95. The zero-order valence-corrected chi connectivity index (χ0v) is 7.56. The molecule has 0 amide bonds. The van der Waals surface area contributed by atoms with Gasteiger partial charge in [-0.1, -0.05) is 0 Å². The van der Waals surface area contributed by atoms with Crippen LogP contribution in [0.1, 0.15) is 19.4 Å². The lowest BCUT2D eigenvalue weighted by Gasteiger charge is -2.17. The first-order valence-corrected chi connectivity index (χ1v) is 3.30. The molecule has 0 spiro atoms. The van der Waals surface area contributed by atoms with Crippen molar-refractivity contribution >= 4 is 12.4 Å². The Kier molecular flexibility index (Phi) is 3.49. The maximum atomic E-state index is 5.83. The van der Waals surface area contributed by atoms with Crippen LogP contribution < -0.4 is 5.73 Å². The van der Waals surface area contributed by atoms with Crippen molar-refractivity contribution in [2.24, 2.45) is 5.73 Å². The highest BCUT2D eigenvalue weighted by Gasteiger charge is 2.12. The number of hydrogen-bond acceptors (Lipinski definition) is 2. The van der Waals surface area contributed by atoms with Crippen molar-refractivity contribution in [2.75, 3.05) is 0 Å². The molecule has 1 aromatic rings. The summed E-state index contributed by atoms with van der Waals surface area (Å²) in [6.07, 6.45) is 3.51. The van der Waals surface area contributed by atoms with Gasteiger partial charge < -0.3 is 5.73 Å². The van der Waals surface area contributed by atoms with Gasteiger partial charge in [-0.3, -0.25) is 4.98 Å². The summed E-state index contributed by atoms with van der Waals surface area (Å²) in [4.78, 5) is 3.90. The van der Waals surface area contributed by atoms with Gasteiger partial charge >= 0.3 is 0 Å². The third kappa shape index (κ3) is 2.87. The Hall–Kier alpha value is -0.600. The van der Waals surface area contributed by atoms with Gasteiger partial charge in [0.2, 0.25) is 0 Å². The molecule has 0 saturated carbocycles. The second kappa shape index (κ2) is 3.69. The van der Waals surface area contributed by atoms with E-state index in [9.17, 15) is 0 Å². The topological polar surface area (TPSA) is 38.9 Å². The molecule has 11 heavy (non-hydrogen) atoms. The lowest BCUT2D eigenvalue weighted by molar-refractivity contribution is 0.553. The van der Waals surface area contributed by atoms with E-state index in [4.69, 9.17) is 5.73 Å². The molecule has 1 rings (SSSR count). The van der Waals surface area contributed by atoms with Crippen LogP contribution in [0.25, 0.3) is 0 Å². The fourth-order valence-corrected chi connectivity index (χ4v) is 0.781. The Morgan fingerprint density at radius 1 is 1.27 bits per heavy atom. The molecule has 0 aromatic carbocycles. The Bertz CT molecular complexity index is 203. The third-order valence-corrected chi connectivity index (χ3v) is 1.42. The highest BCUT2D eigenvalue weighted by atomic mass is 35.5. The molecule has 1 heterocycles. The number of hydrogen-bond donors (Lipinski definition) is 1. The van der Waals surface area contributed by atoms with Crippen LogP contribution in [0.2, 0.25) is 0 Å². The van der Waals surface area contributed by atoms with E-state index in [1.54, 1.807) is 12.4 Å². The van der Waals surface area contributed by atoms with Crippen molar-refractivity contribution in [1.29, 1.82) is 0 Å². The first-order chi connectivity index (χ1) is 4.61. The summed E-state index contributed by atoms with van der Waals surface area (Å²) < 4.78 is 0. The van der Waals surface area contributed by atoms with Crippen molar-refractivity contribution in [3.8, 4) is 0 Å². The van der Waals surface area contributed by atoms with E-state index in [1.807, 2.05) is 26.0 Å². The molecule has 0 aliphatic rings. The number of pyridine rings is 1. The van der Waals surface area contributed by atoms with Crippen molar-refractivity contribution in [3.05, 3.63) is 30.1 Å². The van der Waals surface area contributed by atoms with Crippen molar-refractivity contribution in [3.63, 3.8) is 0 Å². The zero-order chi connectivity index (χ0) is 7.61. The smallest absolute Gasteiger partial charge is 0.0353 e. The highest BCUT2D eigenvalue weighted by molar-refractivity contribution is 5.85. The minimum Gasteiger partial charge on any atom is -0.322 e. The normalized spacial score (nSPS) is 10.5. The quantitative estimate of drug-likeness (QED) is 0.701. The van der Waals surface area contributed by atoms with Gasteiger partial charge in [0.15, 0.2) is 0 Å². The molecular weight excluding hydrogens is 160 g/mol. The van der Waals surface area contributed by atoms with Gasteiger partial charge in [-0.25, -0.2) is 0 Å².